The first-order valence-electron chi connectivity index (χ1n) is 7.06. The Balaban J connectivity index is 1.90. The van der Waals surface area contributed by atoms with E-state index >= 15 is 0 Å². The predicted octanol–water partition coefficient (Wildman–Crippen LogP) is 2.47. The van der Waals surface area contributed by atoms with Crippen LogP contribution in [0.1, 0.15) is 25.1 Å². The average Bonchev–Trinajstić information content (AvgIpc) is 3.04. The third kappa shape index (κ3) is 1.63. The van der Waals surface area contributed by atoms with E-state index in [1.165, 1.54) is 17.3 Å². The normalized spacial score (nSPS) is 25.9. The lowest BCUT2D eigenvalue weighted by Gasteiger charge is -2.31. The third-order valence-corrected chi connectivity index (χ3v) is 4.45. The highest BCUT2D eigenvalue weighted by atomic mass is 15.1. The third-order valence-electron chi connectivity index (χ3n) is 4.45. The van der Waals surface area contributed by atoms with Gasteiger partial charge in [0.25, 0.3) is 0 Å². The van der Waals surface area contributed by atoms with Crippen molar-refractivity contribution < 1.29 is 0 Å². The summed E-state index contributed by atoms with van der Waals surface area (Å²) in [4.78, 5) is 9.06. The van der Waals surface area contributed by atoms with Gasteiger partial charge in [-0.2, -0.15) is 0 Å². The number of nitrogens with one attached hydrogen (secondary N) is 1. The molecular formula is C15H18N4. The Hall–Kier alpha value is -1.68. The minimum absolute atomic E-state index is 0.522. The zero-order valence-electron chi connectivity index (χ0n) is 11.1. The summed E-state index contributed by atoms with van der Waals surface area (Å²) in [5, 5.41) is 4.72. The number of rotatable bonds is 1. The minimum atomic E-state index is 0.522. The fourth-order valence-electron chi connectivity index (χ4n) is 3.30. The van der Waals surface area contributed by atoms with Crippen LogP contribution < -0.4 is 5.32 Å². The van der Waals surface area contributed by atoms with Crippen molar-refractivity contribution >= 4 is 22.8 Å². The molecule has 4 heterocycles. The van der Waals surface area contributed by atoms with Gasteiger partial charge < -0.3 is 9.88 Å². The van der Waals surface area contributed by atoms with Gasteiger partial charge in [0.2, 0.25) is 0 Å². The number of aromatic nitrogens is 2. The molecule has 0 saturated carbocycles. The van der Waals surface area contributed by atoms with E-state index < -0.39 is 0 Å². The molecule has 1 N–H and O–H groups in total. The van der Waals surface area contributed by atoms with Gasteiger partial charge in [0.15, 0.2) is 0 Å². The van der Waals surface area contributed by atoms with Crippen LogP contribution in [-0.2, 0) is 6.42 Å². The van der Waals surface area contributed by atoms with Gasteiger partial charge in [-0.25, -0.2) is 0 Å². The highest BCUT2D eigenvalue weighted by Crippen LogP contribution is 2.36. The monoisotopic (exact) mass is 254 g/mol. The van der Waals surface area contributed by atoms with E-state index in [0.29, 0.717) is 12.0 Å². The molecule has 0 unspecified atom stereocenters. The predicted molar refractivity (Wildman–Crippen MR) is 77.3 cm³/mol. The second-order valence-electron chi connectivity index (χ2n) is 5.63. The largest absolute Gasteiger partial charge is 0.341 e. The van der Waals surface area contributed by atoms with Crippen LogP contribution in [0.25, 0.3) is 10.9 Å². The Bertz CT molecular complexity index is 655. The molecule has 0 aromatic carbocycles. The van der Waals surface area contributed by atoms with E-state index in [1.807, 2.05) is 12.4 Å². The zero-order chi connectivity index (χ0) is 12.8. The van der Waals surface area contributed by atoms with E-state index in [2.05, 4.69) is 39.0 Å². The maximum atomic E-state index is 4.55. The maximum Gasteiger partial charge on any atom is 0.109 e. The van der Waals surface area contributed by atoms with Crippen LogP contribution in [0.5, 0.6) is 0 Å². The number of fused-ring (bicyclic) bond motifs is 3. The van der Waals surface area contributed by atoms with Crippen LogP contribution in [-0.4, -0.2) is 28.9 Å². The standard InChI is InChI=1S/C15H18N4/c1-10-2-5-16-9-13(10)19-7-4-11-8-18-12-3-6-17-14(12)15(11)19/h4,6-8,10,13,16H,2-3,5,9H2,1H3/t10-,13+/m1/s1. The summed E-state index contributed by atoms with van der Waals surface area (Å²) in [7, 11) is 0. The summed E-state index contributed by atoms with van der Waals surface area (Å²) in [5.41, 5.74) is 3.46. The van der Waals surface area contributed by atoms with Crippen molar-refractivity contribution in [2.24, 2.45) is 10.9 Å². The molecule has 0 aliphatic carbocycles. The summed E-state index contributed by atoms with van der Waals surface area (Å²) in [6.07, 6.45) is 8.27. The second-order valence-corrected chi connectivity index (χ2v) is 5.63. The number of piperidine rings is 1. The molecule has 1 saturated heterocycles. The Morgan fingerprint density at radius 1 is 1.42 bits per heavy atom. The molecule has 0 radical (unpaired) electrons. The van der Waals surface area contributed by atoms with Crippen molar-refractivity contribution in [2.45, 2.75) is 25.8 Å². The minimum Gasteiger partial charge on any atom is -0.341 e. The molecule has 98 valence electrons. The molecule has 2 aromatic heterocycles. The average molecular weight is 254 g/mol. The molecule has 4 nitrogen and oxygen atoms in total. The van der Waals surface area contributed by atoms with Gasteiger partial charge in [-0.3, -0.25) is 9.98 Å². The number of hydrogen-bond acceptors (Lipinski definition) is 3. The van der Waals surface area contributed by atoms with Crippen molar-refractivity contribution in [2.75, 3.05) is 13.1 Å². The van der Waals surface area contributed by atoms with Gasteiger partial charge in [0.1, 0.15) is 5.69 Å². The molecule has 2 aliphatic heterocycles. The van der Waals surface area contributed by atoms with Gasteiger partial charge in [0.05, 0.1) is 11.2 Å². The van der Waals surface area contributed by atoms with Crippen molar-refractivity contribution in [3.63, 3.8) is 0 Å². The quantitative estimate of drug-likeness (QED) is 0.849. The van der Waals surface area contributed by atoms with E-state index in [9.17, 15) is 0 Å². The van der Waals surface area contributed by atoms with Gasteiger partial charge in [-0.1, -0.05) is 6.92 Å². The number of pyridine rings is 1. The smallest absolute Gasteiger partial charge is 0.109 e. The Labute approximate surface area is 112 Å². The highest BCUT2D eigenvalue weighted by molar-refractivity contribution is 5.95. The fourth-order valence-corrected chi connectivity index (χ4v) is 3.30. The van der Waals surface area contributed by atoms with Crippen LogP contribution in [0.15, 0.2) is 23.5 Å². The summed E-state index contributed by atoms with van der Waals surface area (Å²) in [6, 6.07) is 2.69. The second kappa shape index (κ2) is 4.17. The number of aliphatic imine (C=N–C) groups is 1. The summed E-state index contributed by atoms with van der Waals surface area (Å²) in [6.45, 7) is 4.53. The first-order valence-corrected chi connectivity index (χ1v) is 7.06. The fraction of sp³-hybridized carbons (Fsp3) is 0.467. The lowest BCUT2D eigenvalue weighted by atomic mass is 9.94. The molecule has 4 rings (SSSR count). The highest BCUT2D eigenvalue weighted by Gasteiger charge is 2.25. The van der Waals surface area contributed by atoms with Crippen LogP contribution in [0.3, 0.4) is 0 Å². The molecule has 19 heavy (non-hydrogen) atoms. The first kappa shape index (κ1) is 11.2. The van der Waals surface area contributed by atoms with E-state index in [4.69, 9.17) is 0 Å². The van der Waals surface area contributed by atoms with E-state index in [1.54, 1.807) is 0 Å². The Morgan fingerprint density at radius 3 is 3.26 bits per heavy atom. The lowest BCUT2D eigenvalue weighted by Crippen LogP contribution is -2.36. The van der Waals surface area contributed by atoms with Crippen LogP contribution in [0.2, 0.25) is 0 Å². The zero-order valence-corrected chi connectivity index (χ0v) is 11.1. The van der Waals surface area contributed by atoms with Crippen LogP contribution >= 0.6 is 0 Å². The maximum absolute atomic E-state index is 4.55. The van der Waals surface area contributed by atoms with Crippen LogP contribution in [0.4, 0.5) is 5.69 Å². The first-order chi connectivity index (χ1) is 9.34. The summed E-state index contributed by atoms with van der Waals surface area (Å²) < 4.78 is 2.41. The molecule has 2 atom stereocenters. The Morgan fingerprint density at radius 2 is 2.37 bits per heavy atom. The molecule has 0 amide bonds. The number of hydrogen-bond donors (Lipinski definition) is 1. The molecule has 0 spiro atoms. The molecule has 2 aromatic rings. The van der Waals surface area contributed by atoms with E-state index in [-0.39, 0.29) is 0 Å². The molecule has 0 bridgehead atoms. The molecule has 4 heteroatoms. The van der Waals surface area contributed by atoms with Crippen molar-refractivity contribution in [1.82, 2.24) is 14.9 Å². The summed E-state index contributed by atoms with van der Waals surface area (Å²) in [5.74, 6) is 0.700. The number of nitrogens with zero attached hydrogens (tertiary/aromatic N) is 3. The topological polar surface area (TPSA) is 42.2 Å². The summed E-state index contributed by atoms with van der Waals surface area (Å²) >= 11 is 0. The van der Waals surface area contributed by atoms with Gasteiger partial charge >= 0.3 is 0 Å². The molecule has 2 aliphatic rings. The Kier molecular flexibility index (Phi) is 2.45. The van der Waals surface area contributed by atoms with Gasteiger partial charge in [0, 0.05) is 43.0 Å². The van der Waals surface area contributed by atoms with Crippen molar-refractivity contribution in [3.05, 3.63) is 24.2 Å². The molecule has 1 fully saturated rings. The van der Waals surface area contributed by atoms with Crippen molar-refractivity contribution in [3.8, 4) is 0 Å². The van der Waals surface area contributed by atoms with Crippen LogP contribution in [0, 0.1) is 5.92 Å². The van der Waals surface area contributed by atoms with Crippen molar-refractivity contribution in [1.29, 1.82) is 0 Å². The molecular weight excluding hydrogens is 236 g/mol. The SMILES string of the molecule is C[C@@H]1CCNC[C@@H]1n1ccc2cnc3c(c21)N=CC3. The van der Waals surface area contributed by atoms with Gasteiger partial charge in [-0.05, 0) is 24.9 Å². The van der Waals surface area contributed by atoms with E-state index in [0.717, 1.165) is 30.9 Å². The van der Waals surface area contributed by atoms with Gasteiger partial charge in [-0.15, -0.1) is 0 Å². The lowest BCUT2D eigenvalue weighted by molar-refractivity contribution is 0.280.